The van der Waals surface area contributed by atoms with E-state index >= 15 is 0 Å². The summed E-state index contributed by atoms with van der Waals surface area (Å²) in [5.74, 6) is -0.473. The largest absolute Gasteiger partial charge is 0.398 e. The second kappa shape index (κ2) is 6.17. The van der Waals surface area contributed by atoms with Crippen molar-refractivity contribution in [2.75, 3.05) is 18.9 Å². The fraction of sp³-hybridized carbons (Fsp3) is 0.200. The number of thiophene rings is 1. The molecule has 1 amide bonds. The van der Waals surface area contributed by atoms with Gasteiger partial charge in [-0.1, -0.05) is 0 Å². The molecule has 0 saturated carbocycles. The second-order valence-electron chi connectivity index (χ2n) is 4.92. The van der Waals surface area contributed by atoms with Crippen LogP contribution in [0, 0.1) is 0 Å². The zero-order chi connectivity index (χ0) is 15.5. The van der Waals surface area contributed by atoms with Crippen LogP contribution in [-0.4, -0.2) is 28.9 Å². The van der Waals surface area contributed by atoms with Gasteiger partial charge in [-0.15, -0.1) is 0 Å². The Labute approximate surface area is 131 Å². The molecule has 0 aliphatic rings. The lowest BCUT2D eigenvalue weighted by Crippen LogP contribution is -2.19. The Balaban J connectivity index is 1.79. The van der Waals surface area contributed by atoms with Crippen LogP contribution in [0.3, 0.4) is 0 Å². The first-order valence-electron chi connectivity index (χ1n) is 6.79. The number of ether oxygens (including phenoxy) is 1. The molecular weight excluding hydrogens is 300 g/mol. The lowest BCUT2D eigenvalue weighted by atomic mass is 10.1. The van der Waals surface area contributed by atoms with E-state index in [1.54, 1.807) is 16.0 Å². The molecule has 0 bridgehead atoms. The Morgan fingerprint density at radius 3 is 3.00 bits per heavy atom. The number of nitrogen functional groups attached to an aromatic ring is 1. The van der Waals surface area contributed by atoms with Gasteiger partial charge in [0, 0.05) is 22.8 Å². The third kappa shape index (κ3) is 3.10. The van der Waals surface area contributed by atoms with Crippen LogP contribution < -0.4 is 11.5 Å². The minimum atomic E-state index is -0.473. The number of hydrogen-bond donors (Lipinski definition) is 2. The van der Waals surface area contributed by atoms with Crippen LogP contribution in [0.1, 0.15) is 0 Å². The van der Waals surface area contributed by atoms with Crippen LogP contribution in [-0.2, 0) is 16.1 Å². The zero-order valence-electron chi connectivity index (χ0n) is 11.9. The number of aromatic nitrogens is 2. The molecule has 6 nitrogen and oxygen atoms in total. The van der Waals surface area contributed by atoms with Gasteiger partial charge in [0.2, 0.25) is 5.91 Å². The van der Waals surface area contributed by atoms with Crippen LogP contribution in [0.4, 0.5) is 5.69 Å². The first kappa shape index (κ1) is 14.6. The summed E-state index contributed by atoms with van der Waals surface area (Å²) in [5, 5.41) is 9.57. The molecule has 1 aromatic carbocycles. The summed E-state index contributed by atoms with van der Waals surface area (Å²) in [5.41, 5.74) is 14.8. The molecule has 7 heteroatoms. The zero-order valence-corrected chi connectivity index (χ0v) is 12.7. The van der Waals surface area contributed by atoms with Crippen molar-refractivity contribution in [3.8, 4) is 11.1 Å². The van der Waals surface area contributed by atoms with E-state index in [1.165, 1.54) is 0 Å². The first-order chi connectivity index (χ1) is 10.6. The molecule has 4 N–H and O–H groups in total. The molecule has 3 rings (SSSR count). The number of nitrogens with two attached hydrogens (primary N) is 2. The normalized spacial score (nSPS) is 11.1. The average Bonchev–Trinajstić information content (AvgIpc) is 3.11. The number of hydrogen-bond acceptors (Lipinski definition) is 5. The Kier molecular flexibility index (Phi) is 4.08. The van der Waals surface area contributed by atoms with Gasteiger partial charge >= 0.3 is 0 Å². The maximum absolute atomic E-state index is 10.6. The van der Waals surface area contributed by atoms with Crippen LogP contribution in [0.15, 0.2) is 35.2 Å². The van der Waals surface area contributed by atoms with Gasteiger partial charge in [-0.2, -0.15) is 16.4 Å². The van der Waals surface area contributed by atoms with Crippen molar-refractivity contribution in [1.29, 1.82) is 0 Å². The molecular formula is C15H16N4O2S. The van der Waals surface area contributed by atoms with Crippen molar-refractivity contribution in [3.63, 3.8) is 0 Å². The Hall–Kier alpha value is -2.38. The van der Waals surface area contributed by atoms with Crippen molar-refractivity contribution in [3.05, 3.63) is 35.2 Å². The highest BCUT2D eigenvalue weighted by molar-refractivity contribution is 7.08. The van der Waals surface area contributed by atoms with Gasteiger partial charge in [0.1, 0.15) is 6.61 Å². The summed E-state index contributed by atoms with van der Waals surface area (Å²) in [4.78, 5) is 10.6. The minimum Gasteiger partial charge on any atom is -0.398 e. The highest BCUT2D eigenvalue weighted by Gasteiger charge is 2.08. The molecule has 2 heterocycles. The van der Waals surface area contributed by atoms with Gasteiger partial charge in [0.25, 0.3) is 0 Å². The number of rotatable bonds is 6. The molecule has 0 aliphatic carbocycles. The quantitative estimate of drug-likeness (QED) is 0.536. The number of fused-ring (bicyclic) bond motifs is 1. The molecule has 0 radical (unpaired) electrons. The lowest BCUT2D eigenvalue weighted by molar-refractivity contribution is -0.122. The smallest absolute Gasteiger partial charge is 0.243 e. The molecule has 2 aromatic heterocycles. The van der Waals surface area contributed by atoms with Crippen LogP contribution >= 0.6 is 11.3 Å². The van der Waals surface area contributed by atoms with Gasteiger partial charge < -0.3 is 16.2 Å². The van der Waals surface area contributed by atoms with Gasteiger partial charge in [-0.05, 0) is 34.5 Å². The van der Waals surface area contributed by atoms with Crippen LogP contribution in [0.5, 0.6) is 0 Å². The fourth-order valence-corrected chi connectivity index (χ4v) is 2.91. The van der Waals surface area contributed by atoms with E-state index in [1.807, 2.05) is 29.8 Å². The Bertz CT molecular complexity index is 795. The van der Waals surface area contributed by atoms with Crippen molar-refractivity contribution >= 4 is 33.8 Å². The summed E-state index contributed by atoms with van der Waals surface area (Å²) in [6.07, 6.45) is 1.91. The topological polar surface area (TPSA) is 96.2 Å². The highest BCUT2D eigenvalue weighted by atomic mass is 32.1. The van der Waals surface area contributed by atoms with E-state index in [-0.39, 0.29) is 6.61 Å². The monoisotopic (exact) mass is 316 g/mol. The van der Waals surface area contributed by atoms with Gasteiger partial charge in [0.05, 0.1) is 18.7 Å². The number of carbonyl (C=O) groups is 1. The minimum absolute atomic E-state index is 0.0734. The number of amides is 1. The maximum atomic E-state index is 10.6. The summed E-state index contributed by atoms with van der Waals surface area (Å²) >= 11 is 1.63. The third-order valence-electron chi connectivity index (χ3n) is 3.26. The molecule has 22 heavy (non-hydrogen) atoms. The summed E-state index contributed by atoms with van der Waals surface area (Å²) in [6.45, 7) is 0.857. The van der Waals surface area contributed by atoms with E-state index in [2.05, 4.69) is 10.5 Å². The average molecular weight is 316 g/mol. The predicted molar refractivity (Wildman–Crippen MR) is 87.5 cm³/mol. The lowest BCUT2D eigenvalue weighted by Gasteiger charge is -2.02. The fourth-order valence-electron chi connectivity index (χ4n) is 2.25. The van der Waals surface area contributed by atoms with E-state index in [4.69, 9.17) is 16.2 Å². The Morgan fingerprint density at radius 2 is 2.27 bits per heavy atom. The molecule has 3 aromatic rings. The molecule has 0 unspecified atom stereocenters. The van der Waals surface area contributed by atoms with Crippen molar-refractivity contribution < 1.29 is 9.53 Å². The Morgan fingerprint density at radius 1 is 1.41 bits per heavy atom. The first-order valence-corrected chi connectivity index (χ1v) is 7.73. The molecule has 0 aliphatic heterocycles. The molecule has 0 atom stereocenters. The van der Waals surface area contributed by atoms with Gasteiger partial charge in [-0.3, -0.25) is 9.48 Å². The van der Waals surface area contributed by atoms with Crippen LogP contribution in [0.2, 0.25) is 0 Å². The number of nitrogens with zero attached hydrogens (tertiary/aromatic N) is 2. The standard InChI is InChI=1S/C15H16N4O2S/c16-13-5-11-7-19(2-3-21-8-15(17)20)18-14(11)6-12(13)10-1-4-22-9-10/h1,4-7,9H,2-3,8,16H2,(H2,17,20). The van der Waals surface area contributed by atoms with E-state index in [9.17, 15) is 4.79 Å². The molecule has 0 saturated heterocycles. The molecule has 114 valence electrons. The summed E-state index contributed by atoms with van der Waals surface area (Å²) < 4.78 is 6.92. The van der Waals surface area contributed by atoms with E-state index < -0.39 is 5.91 Å². The van der Waals surface area contributed by atoms with E-state index in [0.29, 0.717) is 13.2 Å². The van der Waals surface area contributed by atoms with Gasteiger partial charge in [0.15, 0.2) is 0 Å². The van der Waals surface area contributed by atoms with Crippen LogP contribution in [0.25, 0.3) is 22.0 Å². The number of carbonyl (C=O) groups excluding carboxylic acids is 1. The predicted octanol–water partition coefficient (Wildman–Crippen LogP) is 1.85. The molecule has 0 fully saturated rings. The SMILES string of the molecule is NC(=O)COCCn1cc2cc(N)c(-c3ccsc3)cc2n1. The second-order valence-corrected chi connectivity index (χ2v) is 5.70. The van der Waals surface area contributed by atoms with Gasteiger partial charge in [-0.25, -0.2) is 0 Å². The summed E-state index contributed by atoms with van der Waals surface area (Å²) in [7, 11) is 0. The van der Waals surface area contributed by atoms with Crippen molar-refractivity contribution in [2.24, 2.45) is 5.73 Å². The maximum Gasteiger partial charge on any atom is 0.243 e. The third-order valence-corrected chi connectivity index (χ3v) is 3.95. The number of primary amides is 1. The summed E-state index contributed by atoms with van der Waals surface area (Å²) in [6, 6.07) is 5.96. The number of anilines is 1. The number of benzene rings is 1. The van der Waals surface area contributed by atoms with Crippen molar-refractivity contribution in [2.45, 2.75) is 6.54 Å². The molecule has 0 spiro atoms. The van der Waals surface area contributed by atoms with E-state index in [0.717, 1.165) is 27.7 Å². The van der Waals surface area contributed by atoms with Crippen molar-refractivity contribution in [1.82, 2.24) is 9.78 Å². The highest BCUT2D eigenvalue weighted by Crippen LogP contribution is 2.31.